The molecular weight excluding hydrogens is 897 g/mol. The van der Waals surface area contributed by atoms with Crippen LogP contribution < -0.4 is 49.4 Å². The number of ether oxygens (including phenoxy) is 4. The number of hydrogen-bond donors (Lipinski definition) is 0. The fourth-order valence-corrected chi connectivity index (χ4v) is 6.54. The Hall–Kier alpha value is -3.39. The number of aromatic nitrogens is 2. The van der Waals surface area contributed by atoms with Crippen LogP contribution in [-0.4, -0.2) is 97.4 Å². The normalized spacial score (nSPS) is 11.3. The van der Waals surface area contributed by atoms with Crippen molar-refractivity contribution in [2.24, 2.45) is 0 Å². The van der Waals surface area contributed by atoms with Gasteiger partial charge in [0.1, 0.15) is 48.1 Å². The van der Waals surface area contributed by atoms with Crippen LogP contribution in [0.4, 0.5) is 8.78 Å². The molecule has 4 aromatic carbocycles. The van der Waals surface area contributed by atoms with Gasteiger partial charge in [-0.3, -0.25) is 9.59 Å². The van der Waals surface area contributed by atoms with Crippen molar-refractivity contribution in [3.8, 4) is 45.3 Å². The third kappa shape index (κ3) is 13.3. The minimum atomic E-state index is -5.32. The van der Waals surface area contributed by atoms with Gasteiger partial charge in [0.05, 0.1) is 64.9 Å². The zero-order chi connectivity index (χ0) is 43.8. The van der Waals surface area contributed by atoms with E-state index in [0.29, 0.717) is 35.5 Å². The number of nitrogens with zero attached hydrogens (tertiary/aromatic N) is 2. The van der Waals surface area contributed by atoms with E-state index in [9.17, 15) is 47.1 Å². The summed E-state index contributed by atoms with van der Waals surface area (Å²) in [5.74, 6) is -0.166. The summed E-state index contributed by atoms with van der Waals surface area (Å²) in [5.41, 5.74) is -0.153. The molecule has 0 aliphatic heterocycles. The number of rotatable bonds is 16. The monoisotopic (exact) mass is 934 g/mol. The first kappa shape index (κ1) is 52.9. The summed E-state index contributed by atoms with van der Waals surface area (Å²) >= 11 is 0. The number of phosphoric ester groups is 2. The predicted molar refractivity (Wildman–Crippen MR) is 221 cm³/mol. The standard InChI is InChI=1S/2C20H21FNO7P.Ca.Mg/c2*1-3-10-28-17-9-8-16(21)18-19(17)22(12-29-30(24,25)26)11-15(20(18)23)13-4-6-14(27-2)7-5-13;;/h2*4-9,11H,3,10,12H2,1-2H3,(H2,24,25,26);;/q;;2*+2/p-4. The summed E-state index contributed by atoms with van der Waals surface area (Å²) < 4.78 is 84.0. The van der Waals surface area contributed by atoms with Crippen molar-refractivity contribution >= 4 is 98.2 Å². The second kappa shape index (κ2) is 23.5. The van der Waals surface area contributed by atoms with E-state index in [1.165, 1.54) is 47.9 Å². The molecule has 0 saturated carbocycles. The number of benzene rings is 4. The molecule has 2 aromatic heterocycles. The van der Waals surface area contributed by atoms with Crippen LogP contribution in [0.5, 0.6) is 23.0 Å². The number of hydrogen-bond acceptors (Lipinski definition) is 14. The summed E-state index contributed by atoms with van der Waals surface area (Å²) in [6, 6.07) is 17.8. The molecule has 62 heavy (non-hydrogen) atoms. The molecular formula is C40H38CaF2MgN2O14P2. The van der Waals surface area contributed by atoms with Crippen LogP contribution in [0.15, 0.2) is 94.8 Å². The maximum atomic E-state index is 14.7. The van der Waals surface area contributed by atoms with Crippen LogP contribution in [0.3, 0.4) is 0 Å². The van der Waals surface area contributed by atoms with Crippen molar-refractivity contribution in [3.63, 3.8) is 0 Å². The summed E-state index contributed by atoms with van der Waals surface area (Å²) in [6.45, 7) is 2.84. The second-order valence-electron chi connectivity index (χ2n) is 12.8. The maximum absolute atomic E-state index is 14.7. The molecule has 6 aromatic rings. The Bertz CT molecular complexity index is 2510. The van der Waals surface area contributed by atoms with Gasteiger partial charge in [0.25, 0.3) is 0 Å². The van der Waals surface area contributed by atoms with Gasteiger partial charge in [-0.25, -0.2) is 8.78 Å². The van der Waals surface area contributed by atoms with E-state index in [1.807, 2.05) is 13.8 Å². The molecule has 320 valence electrons. The van der Waals surface area contributed by atoms with Crippen molar-refractivity contribution in [1.82, 2.24) is 9.13 Å². The minimum absolute atomic E-state index is 0. The SMILES string of the molecule is CCCOc1ccc(F)c2c(=O)c(-c3ccc(OC)cc3)cn(COP(=O)([O-])[O-])c12.CCCOc1ccc(F)c2c(=O)c(-c3ccc(OC)cc3)cn(COP(=O)([O-])[O-])c12.[Ca+2].[Mg+2]. The molecule has 0 bridgehead atoms. The molecule has 0 spiro atoms. The van der Waals surface area contributed by atoms with E-state index in [2.05, 4.69) is 9.05 Å². The number of pyridine rings is 2. The number of fused-ring (bicyclic) bond motifs is 2. The smallest absolute Gasteiger partial charge is 0.790 e. The van der Waals surface area contributed by atoms with E-state index < -0.39 is 51.6 Å². The maximum Gasteiger partial charge on any atom is 2.00 e. The van der Waals surface area contributed by atoms with Crippen LogP contribution in [0, 0.1) is 11.6 Å². The van der Waals surface area contributed by atoms with Gasteiger partial charge in [0, 0.05) is 23.5 Å². The van der Waals surface area contributed by atoms with Crippen LogP contribution in [-0.2, 0) is 31.6 Å². The fourth-order valence-electron chi connectivity index (χ4n) is 6.00. The largest absolute Gasteiger partial charge is 2.00 e. The summed E-state index contributed by atoms with van der Waals surface area (Å²) in [5, 5.41) is -0.598. The van der Waals surface area contributed by atoms with Gasteiger partial charge in [0.2, 0.25) is 0 Å². The molecule has 0 saturated heterocycles. The Balaban J connectivity index is 0.000000320. The average Bonchev–Trinajstić information content (AvgIpc) is 3.22. The molecule has 0 amide bonds. The Morgan fingerprint density at radius 1 is 0.581 bits per heavy atom. The van der Waals surface area contributed by atoms with E-state index in [-0.39, 0.29) is 118 Å². The Morgan fingerprint density at radius 2 is 0.919 bits per heavy atom. The first-order valence-electron chi connectivity index (χ1n) is 18.1. The Kier molecular flexibility index (Phi) is 20.1. The average molecular weight is 935 g/mol. The zero-order valence-electron chi connectivity index (χ0n) is 34.0. The summed E-state index contributed by atoms with van der Waals surface area (Å²) in [7, 11) is -7.65. The quantitative estimate of drug-likeness (QED) is 0.0986. The Labute approximate surface area is 399 Å². The number of halogens is 2. The molecule has 22 heteroatoms. The molecule has 0 radical (unpaired) electrons. The van der Waals surface area contributed by atoms with Gasteiger partial charge in [-0.05, 0) is 72.5 Å². The van der Waals surface area contributed by atoms with Crippen LogP contribution >= 0.6 is 15.6 Å². The van der Waals surface area contributed by atoms with Gasteiger partial charge in [0.15, 0.2) is 10.9 Å². The summed E-state index contributed by atoms with van der Waals surface area (Å²) in [6.07, 6.45) is 3.92. The molecule has 0 fully saturated rings. The van der Waals surface area contributed by atoms with E-state index in [1.54, 1.807) is 48.5 Å². The predicted octanol–water partition coefficient (Wildman–Crippen LogP) is 4.05. The molecule has 16 nitrogen and oxygen atoms in total. The minimum Gasteiger partial charge on any atom is -0.790 e. The van der Waals surface area contributed by atoms with Crippen LogP contribution in [0.1, 0.15) is 26.7 Å². The number of phosphoric acid groups is 2. The van der Waals surface area contributed by atoms with Gasteiger partial charge < -0.3 is 65.8 Å². The first-order chi connectivity index (χ1) is 28.5. The van der Waals surface area contributed by atoms with Crippen molar-refractivity contribution in [3.05, 3.63) is 117 Å². The molecule has 0 unspecified atom stereocenters. The van der Waals surface area contributed by atoms with Crippen LogP contribution in [0.2, 0.25) is 0 Å². The second-order valence-corrected chi connectivity index (χ2v) is 15.1. The van der Waals surface area contributed by atoms with Gasteiger partial charge in [-0.1, -0.05) is 38.1 Å². The summed E-state index contributed by atoms with van der Waals surface area (Å²) in [4.78, 5) is 70.3. The number of methoxy groups -OCH3 is 2. The molecule has 6 rings (SSSR count). The zero-order valence-corrected chi connectivity index (χ0v) is 39.4. The van der Waals surface area contributed by atoms with E-state index in [0.717, 1.165) is 12.1 Å². The van der Waals surface area contributed by atoms with Crippen molar-refractivity contribution in [2.45, 2.75) is 40.2 Å². The van der Waals surface area contributed by atoms with Gasteiger partial charge >= 0.3 is 60.8 Å². The fraction of sp³-hybridized carbons (Fsp3) is 0.250. The van der Waals surface area contributed by atoms with Crippen molar-refractivity contribution in [1.29, 1.82) is 0 Å². The third-order valence-corrected chi connectivity index (χ3v) is 9.57. The molecule has 0 aliphatic carbocycles. The topological polar surface area (TPSA) is 226 Å². The van der Waals surface area contributed by atoms with Crippen molar-refractivity contribution in [2.75, 3.05) is 27.4 Å². The van der Waals surface area contributed by atoms with Crippen molar-refractivity contribution < 1.29 is 65.5 Å². The van der Waals surface area contributed by atoms with E-state index in [4.69, 9.17) is 18.9 Å². The molecule has 0 aliphatic rings. The van der Waals surface area contributed by atoms with E-state index >= 15 is 0 Å². The van der Waals surface area contributed by atoms with Gasteiger partial charge in [-0.2, -0.15) is 0 Å². The first-order valence-corrected chi connectivity index (χ1v) is 21.0. The molecule has 0 atom stereocenters. The third-order valence-electron chi connectivity index (χ3n) is 8.70. The molecule has 2 heterocycles. The van der Waals surface area contributed by atoms with Gasteiger partial charge in [-0.15, -0.1) is 0 Å². The Morgan fingerprint density at radius 3 is 1.21 bits per heavy atom. The molecule has 0 N–H and O–H groups in total. The van der Waals surface area contributed by atoms with Crippen LogP contribution in [0.25, 0.3) is 44.1 Å².